The third kappa shape index (κ3) is 3.19. The number of halogens is 1. The van der Waals surface area contributed by atoms with Crippen molar-refractivity contribution in [1.29, 1.82) is 0 Å². The van der Waals surface area contributed by atoms with Crippen molar-refractivity contribution in [2.75, 3.05) is 0 Å². The molecule has 0 bridgehead atoms. The summed E-state index contributed by atoms with van der Waals surface area (Å²) in [5, 5.41) is 10.4. The molecule has 1 aromatic heterocycles. The molecule has 0 saturated heterocycles. The van der Waals surface area contributed by atoms with Crippen LogP contribution in [0.25, 0.3) is 0 Å². The first-order valence-corrected chi connectivity index (χ1v) is 6.02. The molecule has 0 aliphatic rings. The molecule has 0 aliphatic heterocycles. The number of rotatable bonds is 4. The molecule has 7 heteroatoms. The normalized spacial score (nSPS) is 10.2. The van der Waals surface area contributed by atoms with E-state index in [-0.39, 0.29) is 12.4 Å². The molecule has 0 amide bonds. The largest absolute Gasteiger partial charge is 0.455 e. The van der Waals surface area contributed by atoms with E-state index in [4.69, 9.17) is 9.15 Å². The Morgan fingerprint density at radius 3 is 2.68 bits per heavy atom. The van der Waals surface area contributed by atoms with Crippen LogP contribution in [-0.4, -0.2) is 10.9 Å². The average Bonchev–Trinajstić information content (AvgIpc) is 2.87. The molecule has 2 rings (SSSR count). The first kappa shape index (κ1) is 13.3. The zero-order valence-electron chi connectivity index (χ0n) is 9.54. The number of nitrogens with zero attached hydrogens (tertiary/aromatic N) is 1. The van der Waals surface area contributed by atoms with E-state index in [0.29, 0.717) is 0 Å². The second-order valence-corrected chi connectivity index (χ2v) is 4.42. The minimum absolute atomic E-state index is 0.0504. The predicted molar refractivity (Wildman–Crippen MR) is 68.6 cm³/mol. The van der Waals surface area contributed by atoms with Gasteiger partial charge in [0.05, 0.1) is 6.07 Å². The van der Waals surface area contributed by atoms with Gasteiger partial charge in [-0.05, 0) is 12.1 Å². The lowest BCUT2D eigenvalue weighted by Gasteiger charge is -2.04. The SMILES string of the molecule is O=C(OCc1ccccc1Br)c1ccc([N+](=O)[O-])o1. The van der Waals surface area contributed by atoms with Crippen LogP contribution in [0.1, 0.15) is 16.1 Å². The molecule has 2 aromatic rings. The molecular weight excluding hydrogens is 318 g/mol. The van der Waals surface area contributed by atoms with Crippen LogP contribution in [0.5, 0.6) is 0 Å². The van der Waals surface area contributed by atoms with Gasteiger partial charge in [0.25, 0.3) is 0 Å². The number of nitro groups is 1. The lowest BCUT2D eigenvalue weighted by Crippen LogP contribution is -2.04. The van der Waals surface area contributed by atoms with Crippen molar-refractivity contribution in [1.82, 2.24) is 0 Å². The van der Waals surface area contributed by atoms with Crippen LogP contribution in [0.3, 0.4) is 0 Å². The predicted octanol–water partition coefficient (Wildman–Crippen LogP) is 3.31. The van der Waals surface area contributed by atoms with E-state index in [0.717, 1.165) is 16.1 Å². The van der Waals surface area contributed by atoms with E-state index in [1.807, 2.05) is 18.2 Å². The van der Waals surface area contributed by atoms with E-state index in [1.54, 1.807) is 6.07 Å². The Morgan fingerprint density at radius 2 is 2.05 bits per heavy atom. The Kier molecular flexibility index (Phi) is 3.96. The van der Waals surface area contributed by atoms with Crippen LogP contribution in [-0.2, 0) is 11.3 Å². The molecule has 0 unspecified atom stereocenters. The molecule has 6 nitrogen and oxygen atoms in total. The molecule has 1 heterocycles. The summed E-state index contributed by atoms with van der Waals surface area (Å²) in [5.41, 5.74) is 0.789. The zero-order chi connectivity index (χ0) is 13.8. The van der Waals surface area contributed by atoms with E-state index >= 15 is 0 Å². The van der Waals surface area contributed by atoms with Gasteiger partial charge in [0.15, 0.2) is 0 Å². The molecule has 98 valence electrons. The summed E-state index contributed by atoms with van der Waals surface area (Å²) in [6, 6.07) is 9.58. The molecule has 0 aliphatic carbocycles. The van der Waals surface area contributed by atoms with Crippen molar-refractivity contribution in [2.24, 2.45) is 0 Å². The molecule has 0 N–H and O–H groups in total. The van der Waals surface area contributed by atoms with Gasteiger partial charge in [-0.1, -0.05) is 34.1 Å². The maximum atomic E-state index is 11.6. The maximum Gasteiger partial charge on any atom is 0.433 e. The van der Waals surface area contributed by atoms with Crippen LogP contribution in [0.2, 0.25) is 0 Å². The number of ether oxygens (including phenoxy) is 1. The summed E-state index contributed by atoms with van der Waals surface area (Å²) >= 11 is 3.32. The van der Waals surface area contributed by atoms with E-state index in [1.165, 1.54) is 6.07 Å². The monoisotopic (exact) mass is 325 g/mol. The van der Waals surface area contributed by atoms with Gasteiger partial charge in [-0.2, -0.15) is 0 Å². The molecular formula is C12H8BrNO5. The Hall–Kier alpha value is -2.15. The summed E-state index contributed by atoms with van der Waals surface area (Å²) in [6.07, 6.45) is 0. The van der Waals surface area contributed by atoms with Gasteiger partial charge in [-0.15, -0.1) is 0 Å². The van der Waals surface area contributed by atoms with Gasteiger partial charge in [-0.25, -0.2) is 4.79 Å². The van der Waals surface area contributed by atoms with Gasteiger partial charge in [0.2, 0.25) is 5.76 Å². The minimum Gasteiger partial charge on any atom is -0.455 e. The highest BCUT2D eigenvalue weighted by Gasteiger charge is 2.18. The van der Waals surface area contributed by atoms with Crippen molar-refractivity contribution in [3.05, 3.63) is 62.3 Å². The Bertz CT molecular complexity index is 622. The average molecular weight is 326 g/mol. The second kappa shape index (κ2) is 5.66. The van der Waals surface area contributed by atoms with E-state index in [2.05, 4.69) is 15.9 Å². The molecule has 0 fully saturated rings. The molecule has 0 saturated carbocycles. The van der Waals surface area contributed by atoms with Gasteiger partial charge in [-0.3, -0.25) is 10.1 Å². The van der Waals surface area contributed by atoms with Gasteiger partial charge < -0.3 is 9.15 Å². The summed E-state index contributed by atoms with van der Waals surface area (Å²) in [5.74, 6) is -1.43. The Balaban J connectivity index is 2.01. The highest BCUT2D eigenvalue weighted by Crippen LogP contribution is 2.19. The van der Waals surface area contributed by atoms with Crippen LogP contribution < -0.4 is 0 Å². The fourth-order valence-electron chi connectivity index (χ4n) is 1.37. The second-order valence-electron chi connectivity index (χ2n) is 3.56. The summed E-state index contributed by atoms with van der Waals surface area (Å²) in [4.78, 5) is 21.3. The number of furan rings is 1. The summed E-state index contributed by atoms with van der Waals surface area (Å²) in [7, 11) is 0. The van der Waals surface area contributed by atoms with Gasteiger partial charge in [0, 0.05) is 10.0 Å². The lowest BCUT2D eigenvalue weighted by atomic mass is 10.2. The number of carbonyl (C=O) groups excluding carboxylic acids is 1. The van der Waals surface area contributed by atoms with Crippen LogP contribution in [0, 0.1) is 10.1 Å². The van der Waals surface area contributed by atoms with Crippen LogP contribution in [0.4, 0.5) is 5.88 Å². The van der Waals surface area contributed by atoms with Crippen molar-refractivity contribution < 1.29 is 18.9 Å². The minimum atomic E-state index is -0.746. The molecule has 19 heavy (non-hydrogen) atoms. The number of benzene rings is 1. The zero-order valence-corrected chi connectivity index (χ0v) is 11.1. The van der Waals surface area contributed by atoms with E-state index in [9.17, 15) is 14.9 Å². The highest BCUT2D eigenvalue weighted by molar-refractivity contribution is 9.10. The number of carbonyl (C=O) groups is 1. The third-order valence-corrected chi connectivity index (χ3v) is 3.06. The molecule has 1 aromatic carbocycles. The quantitative estimate of drug-likeness (QED) is 0.489. The Labute approximate surface area is 116 Å². The summed E-state index contributed by atoms with van der Waals surface area (Å²) in [6.45, 7) is 0.0504. The van der Waals surface area contributed by atoms with Crippen LogP contribution in [0.15, 0.2) is 45.3 Å². The highest BCUT2D eigenvalue weighted by atomic mass is 79.9. The fourth-order valence-corrected chi connectivity index (χ4v) is 1.76. The van der Waals surface area contributed by atoms with Gasteiger partial charge >= 0.3 is 11.9 Å². The third-order valence-electron chi connectivity index (χ3n) is 2.29. The fraction of sp³-hybridized carbons (Fsp3) is 0.0833. The molecule has 0 atom stereocenters. The van der Waals surface area contributed by atoms with E-state index < -0.39 is 16.8 Å². The summed E-state index contributed by atoms with van der Waals surface area (Å²) < 4.78 is 10.6. The van der Waals surface area contributed by atoms with Crippen molar-refractivity contribution >= 4 is 27.8 Å². The number of hydrogen-bond donors (Lipinski definition) is 0. The smallest absolute Gasteiger partial charge is 0.433 e. The standard InChI is InChI=1S/C12H8BrNO5/c13-9-4-2-1-3-8(9)7-18-12(15)10-5-6-11(19-10)14(16)17/h1-6H,7H2. The lowest BCUT2D eigenvalue weighted by molar-refractivity contribution is -0.402. The first-order valence-electron chi connectivity index (χ1n) is 5.22. The van der Waals surface area contributed by atoms with Crippen molar-refractivity contribution in [2.45, 2.75) is 6.61 Å². The maximum absolute atomic E-state index is 11.6. The molecule has 0 spiro atoms. The number of esters is 1. The van der Waals surface area contributed by atoms with Crippen molar-refractivity contribution in [3.8, 4) is 0 Å². The van der Waals surface area contributed by atoms with Gasteiger partial charge in [0.1, 0.15) is 11.5 Å². The van der Waals surface area contributed by atoms with Crippen molar-refractivity contribution in [3.63, 3.8) is 0 Å². The van der Waals surface area contributed by atoms with Crippen LogP contribution >= 0.6 is 15.9 Å². The molecule has 0 radical (unpaired) electrons. The topological polar surface area (TPSA) is 82.6 Å². The number of hydrogen-bond acceptors (Lipinski definition) is 5. The Morgan fingerprint density at radius 1 is 1.32 bits per heavy atom. The first-order chi connectivity index (χ1) is 9.08.